The standard InChI is InChI=1S/C47H28N2O2/c1-3-12-43-36(8-1)40-28-39-32(26-46(40)51-43)17-15-29-19-21-35(27-38(29)39)49(42-11-7-14-45-47(42)37-9-2-4-13-44(37)50-45)34-22-20-30-24-33(18-16-31(30)25-34)41-10-5-6-23-48-41/h1-28H. The first kappa shape index (κ1) is 28.0. The van der Waals surface area contributed by atoms with Gasteiger partial charge in [-0.3, -0.25) is 4.98 Å². The van der Waals surface area contributed by atoms with E-state index in [1.807, 2.05) is 42.6 Å². The zero-order chi connectivity index (χ0) is 33.5. The van der Waals surface area contributed by atoms with Crippen molar-refractivity contribution >= 4 is 93.3 Å². The normalized spacial score (nSPS) is 11.9. The second kappa shape index (κ2) is 10.8. The summed E-state index contributed by atoms with van der Waals surface area (Å²) in [6, 6.07) is 57.9. The molecule has 0 bridgehead atoms. The molecule has 238 valence electrons. The number of fused-ring (bicyclic) bond motifs is 10. The fourth-order valence-corrected chi connectivity index (χ4v) is 7.83. The van der Waals surface area contributed by atoms with Crippen LogP contribution in [0.5, 0.6) is 0 Å². The predicted octanol–water partition coefficient (Wildman–Crippen LogP) is 13.5. The molecule has 0 N–H and O–H groups in total. The van der Waals surface area contributed by atoms with Gasteiger partial charge in [-0.05, 0) is 111 Å². The van der Waals surface area contributed by atoms with Gasteiger partial charge in [0.1, 0.15) is 22.3 Å². The summed E-state index contributed by atoms with van der Waals surface area (Å²) in [5.74, 6) is 0. The van der Waals surface area contributed by atoms with Crippen LogP contribution >= 0.6 is 0 Å². The lowest BCUT2D eigenvalue weighted by molar-refractivity contribution is 0.669. The highest BCUT2D eigenvalue weighted by Crippen LogP contribution is 2.45. The summed E-state index contributed by atoms with van der Waals surface area (Å²) in [6.45, 7) is 0. The lowest BCUT2D eigenvalue weighted by Crippen LogP contribution is -2.10. The number of pyridine rings is 1. The van der Waals surface area contributed by atoms with E-state index in [4.69, 9.17) is 8.83 Å². The fraction of sp³-hybridized carbons (Fsp3) is 0. The minimum atomic E-state index is 0.861. The van der Waals surface area contributed by atoms with Crippen molar-refractivity contribution in [3.05, 3.63) is 170 Å². The number of para-hydroxylation sites is 2. The van der Waals surface area contributed by atoms with Crippen LogP contribution in [-0.2, 0) is 0 Å². The monoisotopic (exact) mass is 652 g/mol. The highest BCUT2D eigenvalue weighted by atomic mass is 16.3. The van der Waals surface area contributed by atoms with Crippen LogP contribution in [0, 0.1) is 0 Å². The van der Waals surface area contributed by atoms with Gasteiger partial charge in [0.2, 0.25) is 0 Å². The molecule has 3 heterocycles. The number of rotatable bonds is 4. The average molecular weight is 653 g/mol. The Kier molecular flexibility index (Phi) is 5.92. The maximum Gasteiger partial charge on any atom is 0.137 e. The van der Waals surface area contributed by atoms with Crippen molar-refractivity contribution in [1.29, 1.82) is 0 Å². The number of aromatic nitrogens is 1. The van der Waals surface area contributed by atoms with E-state index >= 15 is 0 Å². The largest absolute Gasteiger partial charge is 0.456 e. The quantitative estimate of drug-likeness (QED) is 0.177. The third kappa shape index (κ3) is 4.37. The van der Waals surface area contributed by atoms with Gasteiger partial charge in [0.05, 0.1) is 16.8 Å². The molecule has 0 unspecified atom stereocenters. The van der Waals surface area contributed by atoms with Gasteiger partial charge in [-0.25, -0.2) is 0 Å². The molecule has 0 atom stereocenters. The van der Waals surface area contributed by atoms with Crippen LogP contribution in [-0.4, -0.2) is 4.98 Å². The molecule has 3 aromatic heterocycles. The van der Waals surface area contributed by atoms with Crippen LogP contribution in [0.15, 0.2) is 179 Å². The van der Waals surface area contributed by atoms with Crippen LogP contribution in [0.25, 0.3) is 87.5 Å². The summed E-state index contributed by atoms with van der Waals surface area (Å²) >= 11 is 0. The second-order valence-corrected chi connectivity index (χ2v) is 13.2. The van der Waals surface area contributed by atoms with Gasteiger partial charge in [0.15, 0.2) is 0 Å². The SMILES string of the molecule is c1ccc(-c2ccc3cc(N(c4ccc5ccc6cc7oc8ccccc8c7cc6c5c4)c4cccc5oc6ccccc6c45)ccc3c2)nc1. The number of nitrogens with zero attached hydrogens (tertiary/aromatic N) is 2. The van der Waals surface area contributed by atoms with E-state index < -0.39 is 0 Å². The molecule has 0 saturated heterocycles. The van der Waals surface area contributed by atoms with Crippen molar-refractivity contribution in [3.63, 3.8) is 0 Å². The molecule has 8 aromatic carbocycles. The van der Waals surface area contributed by atoms with Crippen LogP contribution in [0.2, 0.25) is 0 Å². The Hall–Kier alpha value is -6.91. The van der Waals surface area contributed by atoms with E-state index in [9.17, 15) is 0 Å². The Morgan fingerprint density at radius 2 is 1.06 bits per heavy atom. The van der Waals surface area contributed by atoms with E-state index in [-0.39, 0.29) is 0 Å². The highest BCUT2D eigenvalue weighted by molar-refractivity contribution is 6.18. The van der Waals surface area contributed by atoms with Gasteiger partial charge in [0, 0.05) is 39.3 Å². The van der Waals surface area contributed by atoms with E-state index in [0.717, 1.165) is 88.4 Å². The van der Waals surface area contributed by atoms with Crippen LogP contribution in [0.4, 0.5) is 17.1 Å². The molecular weight excluding hydrogens is 625 g/mol. The second-order valence-electron chi connectivity index (χ2n) is 13.2. The molecule has 0 aliphatic heterocycles. The summed E-state index contributed by atoms with van der Waals surface area (Å²) in [7, 11) is 0. The molecule has 51 heavy (non-hydrogen) atoms. The number of anilines is 3. The van der Waals surface area contributed by atoms with Gasteiger partial charge in [-0.2, -0.15) is 0 Å². The molecule has 0 saturated carbocycles. The first-order chi connectivity index (χ1) is 25.2. The summed E-state index contributed by atoms with van der Waals surface area (Å²) in [5.41, 5.74) is 8.80. The Balaban J connectivity index is 1.16. The van der Waals surface area contributed by atoms with E-state index in [0.29, 0.717) is 0 Å². The minimum Gasteiger partial charge on any atom is -0.456 e. The average Bonchev–Trinajstić information content (AvgIpc) is 3.75. The fourth-order valence-electron chi connectivity index (χ4n) is 7.83. The van der Waals surface area contributed by atoms with Gasteiger partial charge in [-0.1, -0.05) is 84.9 Å². The number of furan rings is 2. The van der Waals surface area contributed by atoms with Gasteiger partial charge in [-0.15, -0.1) is 0 Å². The molecule has 0 fully saturated rings. The Bertz CT molecular complexity index is 3160. The predicted molar refractivity (Wildman–Crippen MR) is 211 cm³/mol. The zero-order valence-corrected chi connectivity index (χ0v) is 27.4. The van der Waals surface area contributed by atoms with Crippen LogP contribution in [0.3, 0.4) is 0 Å². The van der Waals surface area contributed by atoms with Crippen molar-refractivity contribution in [3.8, 4) is 11.3 Å². The first-order valence-electron chi connectivity index (χ1n) is 17.2. The Labute approximate surface area is 292 Å². The number of hydrogen-bond acceptors (Lipinski definition) is 4. The van der Waals surface area contributed by atoms with Crippen molar-refractivity contribution < 1.29 is 8.83 Å². The third-order valence-corrected chi connectivity index (χ3v) is 10.2. The lowest BCUT2D eigenvalue weighted by atomic mass is 9.98. The molecule has 0 radical (unpaired) electrons. The van der Waals surface area contributed by atoms with Crippen LogP contribution < -0.4 is 4.90 Å². The molecule has 0 aliphatic rings. The summed E-state index contributed by atoms with van der Waals surface area (Å²) < 4.78 is 12.7. The maximum atomic E-state index is 6.40. The van der Waals surface area contributed by atoms with E-state index in [1.165, 1.54) is 16.2 Å². The molecule has 0 aliphatic carbocycles. The molecule has 11 rings (SSSR count). The molecule has 0 spiro atoms. The number of benzene rings is 8. The molecular formula is C47H28N2O2. The topological polar surface area (TPSA) is 42.4 Å². The van der Waals surface area contributed by atoms with Gasteiger partial charge < -0.3 is 13.7 Å². The van der Waals surface area contributed by atoms with E-state index in [1.54, 1.807) is 0 Å². The van der Waals surface area contributed by atoms with Crippen molar-refractivity contribution in [2.45, 2.75) is 0 Å². The van der Waals surface area contributed by atoms with E-state index in [2.05, 4.69) is 137 Å². The van der Waals surface area contributed by atoms with Gasteiger partial charge >= 0.3 is 0 Å². The van der Waals surface area contributed by atoms with Gasteiger partial charge in [0.25, 0.3) is 0 Å². The first-order valence-corrected chi connectivity index (χ1v) is 17.2. The molecule has 11 aromatic rings. The maximum absolute atomic E-state index is 6.40. The van der Waals surface area contributed by atoms with Crippen molar-refractivity contribution in [2.75, 3.05) is 4.90 Å². The third-order valence-electron chi connectivity index (χ3n) is 10.2. The Morgan fingerprint density at radius 1 is 0.392 bits per heavy atom. The molecule has 4 heteroatoms. The van der Waals surface area contributed by atoms with Crippen molar-refractivity contribution in [1.82, 2.24) is 4.98 Å². The number of hydrogen-bond donors (Lipinski definition) is 0. The minimum absolute atomic E-state index is 0.861. The smallest absolute Gasteiger partial charge is 0.137 e. The molecule has 0 amide bonds. The molecule has 4 nitrogen and oxygen atoms in total. The highest BCUT2D eigenvalue weighted by Gasteiger charge is 2.20. The van der Waals surface area contributed by atoms with Crippen LogP contribution in [0.1, 0.15) is 0 Å². The zero-order valence-electron chi connectivity index (χ0n) is 27.4. The summed E-state index contributed by atoms with van der Waals surface area (Å²) in [6.07, 6.45) is 1.84. The summed E-state index contributed by atoms with van der Waals surface area (Å²) in [4.78, 5) is 6.96. The summed E-state index contributed by atoms with van der Waals surface area (Å²) in [5, 5.41) is 11.5. The Morgan fingerprint density at radius 3 is 1.94 bits per heavy atom. The van der Waals surface area contributed by atoms with Crippen molar-refractivity contribution in [2.24, 2.45) is 0 Å². The lowest BCUT2D eigenvalue weighted by Gasteiger charge is -2.27.